The molecule has 34 heavy (non-hydrogen) atoms. The topological polar surface area (TPSA) is 97.1 Å². The molecule has 4 rings (SSSR count). The van der Waals surface area contributed by atoms with Gasteiger partial charge in [0.1, 0.15) is 18.5 Å². The van der Waals surface area contributed by atoms with Crippen LogP contribution in [0.5, 0.6) is 17.2 Å². The Morgan fingerprint density at radius 1 is 1.09 bits per heavy atom. The van der Waals surface area contributed by atoms with E-state index in [1.165, 1.54) is 0 Å². The fraction of sp³-hybridized carbons (Fsp3) is 0.231. The van der Waals surface area contributed by atoms with Crippen LogP contribution >= 0.6 is 0 Å². The Bertz CT molecular complexity index is 1270. The van der Waals surface area contributed by atoms with E-state index in [4.69, 9.17) is 24.1 Å². The lowest BCUT2D eigenvalue weighted by atomic mass is 9.88. The zero-order valence-electron chi connectivity index (χ0n) is 18.9. The third kappa shape index (κ3) is 5.25. The van der Waals surface area contributed by atoms with Gasteiger partial charge in [-0.05, 0) is 28.8 Å². The second-order valence-corrected chi connectivity index (χ2v) is 9.43. The summed E-state index contributed by atoms with van der Waals surface area (Å²) >= 11 is 0. The Kier molecular flexibility index (Phi) is 7.21. The molecule has 1 aliphatic heterocycles. The van der Waals surface area contributed by atoms with Crippen molar-refractivity contribution in [3.05, 3.63) is 90.0 Å². The van der Waals surface area contributed by atoms with E-state index in [0.29, 0.717) is 42.6 Å². The van der Waals surface area contributed by atoms with Crippen molar-refractivity contribution in [3.63, 3.8) is 0 Å². The van der Waals surface area contributed by atoms with Gasteiger partial charge in [-0.15, -0.1) is 6.58 Å². The van der Waals surface area contributed by atoms with Gasteiger partial charge in [0.2, 0.25) is 10.0 Å². The fourth-order valence-corrected chi connectivity index (χ4v) is 4.68. The number of sulfonamides is 1. The molecular formula is C26H27NO6S. The van der Waals surface area contributed by atoms with Gasteiger partial charge in [0.25, 0.3) is 0 Å². The van der Waals surface area contributed by atoms with Crippen molar-refractivity contribution in [2.75, 3.05) is 26.9 Å². The van der Waals surface area contributed by atoms with Crippen molar-refractivity contribution in [1.82, 2.24) is 0 Å². The van der Waals surface area contributed by atoms with E-state index >= 15 is 0 Å². The van der Waals surface area contributed by atoms with E-state index in [-0.39, 0.29) is 5.75 Å². The number of ether oxygens (including phenoxy) is 4. The predicted molar refractivity (Wildman–Crippen MR) is 131 cm³/mol. The molecule has 1 unspecified atom stereocenters. The Morgan fingerprint density at radius 3 is 2.59 bits per heavy atom. The average Bonchev–Trinajstić information content (AvgIpc) is 2.82. The molecule has 0 amide bonds. The van der Waals surface area contributed by atoms with Gasteiger partial charge in [-0.1, -0.05) is 54.6 Å². The molecule has 1 atom stereocenters. The van der Waals surface area contributed by atoms with Crippen molar-refractivity contribution >= 4 is 10.0 Å². The Hall–Kier alpha value is -3.33. The molecule has 2 N–H and O–H groups in total. The van der Waals surface area contributed by atoms with Gasteiger partial charge >= 0.3 is 0 Å². The largest absolute Gasteiger partial charge is 0.492 e. The molecule has 7 nitrogen and oxygen atoms in total. The maximum atomic E-state index is 11.7. The number of rotatable bonds is 10. The summed E-state index contributed by atoms with van der Waals surface area (Å²) in [5.74, 6) is 1.48. The van der Waals surface area contributed by atoms with E-state index in [2.05, 4.69) is 6.58 Å². The highest BCUT2D eigenvalue weighted by molar-refractivity contribution is 7.88. The zero-order chi connectivity index (χ0) is 24.1. The molecule has 0 fully saturated rings. The zero-order valence-corrected chi connectivity index (χ0v) is 19.7. The summed E-state index contributed by atoms with van der Waals surface area (Å²) in [5.41, 5.74) is 3.97. The number of fused-ring (bicyclic) bond motifs is 3. The molecule has 178 valence electrons. The van der Waals surface area contributed by atoms with Crippen LogP contribution < -0.4 is 19.3 Å². The molecule has 3 aromatic rings. The van der Waals surface area contributed by atoms with E-state index in [1.54, 1.807) is 19.3 Å². The number of nitrogens with two attached hydrogens (primary N) is 1. The van der Waals surface area contributed by atoms with Crippen molar-refractivity contribution in [2.45, 2.75) is 11.9 Å². The first-order valence-electron chi connectivity index (χ1n) is 10.8. The van der Waals surface area contributed by atoms with Crippen LogP contribution in [0, 0.1) is 0 Å². The predicted octanol–water partition coefficient (Wildman–Crippen LogP) is 4.21. The van der Waals surface area contributed by atoms with E-state index < -0.39 is 16.1 Å². The van der Waals surface area contributed by atoms with Gasteiger partial charge in [-0.3, -0.25) is 0 Å². The van der Waals surface area contributed by atoms with Crippen molar-refractivity contribution in [2.24, 2.45) is 5.14 Å². The Labute approximate surface area is 199 Å². The molecule has 0 saturated heterocycles. The Balaban J connectivity index is 1.78. The summed E-state index contributed by atoms with van der Waals surface area (Å²) in [6, 6.07) is 18.9. The average molecular weight is 482 g/mol. The van der Waals surface area contributed by atoms with Crippen molar-refractivity contribution in [1.29, 1.82) is 0 Å². The van der Waals surface area contributed by atoms with Gasteiger partial charge in [0.15, 0.2) is 11.5 Å². The number of hydrogen-bond donors (Lipinski definition) is 1. The summed E-state index contributed by atoms with van der Waals surface area (Å²) in [6.45, 7) is 4.83. The van der Waals surface area contributed by atoms with Gasteiger partial charge < -0.3 is 18.9 Å². The summed E-state index contributed by atoms with van der Waals surface area (Å²) in [5, 5.41) is 5.30. The maximum Gasteiger partial charge on any atom is 0.213 e. The van der Waals surface area contributed by atoms with Crippen LogP contribution in [0.25, 0.3) is 11.1 Å². The van der Waals surface area contributed by atoms with Crippen LogP contribution in [-0.4, -0.2) is 35.3 Å². The lowest BCUT2D eigenvalue weighted by Gasteiger charge is -2.31. The number of primary sulfonamides is 1. The molecule has 1 aliphatic rings. The minimum absolute atomic E-state index is 0.264. The molecule has 0 saturated carbocycles. The monoisotopic (exact) mass is 481 g/mol. The highest BCUT2D eigenvalue weighted by Gasteiger charge is 2.31. The van der Waals surface area contributed by atoms with Crippen LogP contribution in [0.4, 0.5) is 0 Å². The lowest BCUT2D eigenvalue weighted by molar-refractivity contribution is 0.119. The Morgan fingerprint density at radius 2 is 1.88 bits per heavy atom. The number of methoxy groups -OCH3 is 1. The first kappa shape index (κ1) is 23.8. The SMILES string of the molecule is C=CCOCCOc1ccc2c(c1OC)-c1ccc(CS(N)(=O)=O)cc1C(c1ccccc1)O2. The molecule has 0 aromatic heterocycles. The fourth-order valence-electron chi connectivity index (χ4n) is 4.04. The lowest BCUT2D eigenvalue weighted by Crippen LogP contribution is -2.18. The maximum absolute atomic E-state index is 11.7. The standard InChI is InChI=1S/C26H27NO6S/c1-3-13-31-14-15-32-23-12-11-22-24(26(23)30-2)20-10-9-18(17-34(27,28)29)16-21(20)25(33-22)19-7-5-4-6-8-19/h3-12,16,25H,1,13-15,17H2,2H3,(H2,27,28,29). The smallest absolute Gasteiger partial charge is 0.213 e. The van der Waals surface area contributed by atoms with Gasteiger partial charge in [0.05, 0.1) is 31.6 Å². The van der Waals surface area contributed by atoms with Gasteiger partial charge in [-0.25, -0.2) is 13.6 Å². The first-order valence-corrected chi connectivity index (χ1v) is 12.5. The molecule has 0 aliphatic carbocycles. The molecule has 0 spiro atoms. The molecule has 1 heterocycles. The van der Waals surface area contributed by atoms with E-state index in [0.717, 1.165) is 22.3 Å². The van der Waals surface area contributed by atoms with Gasteiger partial charge in [0, 0.05) is 5.56 Å². The second kappa shape index (κ2) is 10.3. The van der Waals surface area contributed by atoms with Crippen LogP contribution in [0.3, 0.4) is 0 Å². The highest BCUT2D eigenvalue weighted by Crippen LogP contribution is 2.52. The summed E-state index contributed by atoms with van der Waals surface area (Å²) < 4.78 is 47.0. The normalized spacial score (nSPS) is 14.5. The summed E-state index contributed by atoms with van der Waals surface area (Å²) in [6.07, 6.45) is 1.26. The molecule has 3 aromatic carbocycles. The molecular weight excluding hydrogens is 454 g/mol. The number of benzene rings is 3. The summed E-state index contributed by atoms with van der Waals surface area (Å²) in [4.78, 5) is 0. The highest BCUT2D eigenvalue weighted by atomic mass is 32.2. The van der Waals surface area contributed by atoms with Gasteiger partial charge in [-0.2, -0.15) is 0 Å². The van der Waals surface area contributed by atoms with Crippen LogP contribution in [-0.2, 0) is 20.5 Å². The second-order valence-electron chi connectivity index (χ2n) is 7.82. The summed E-state index contributed by atoms with van der Waals surface area (Å²) in [7, 11) is -2.11. The van der Waals surface area contributed by atoms with Crippen molar-refractivity contribution < 1.29 is 27.4 Å². The van der Waals surface area contributed by atoms with Crippen LogP contribution in [0.2, 0.25) is 0 Å². The first-order chi connectivity index (χ1) is 16.4. The quantitative estimate of drug-likeness (QED) is 0.344. The molecule has 0 bridgehead atoms. The van der Waals surface area contributed by atoms with Crippen LogP contribution in [0.15, 0.2) is 73.3 Å². The van der Waals surface area contributed by atoms with Crippen molar-refractivity contribution in [3.8, 4) is 28.4 Å². The van der Waals surface area contributed by atoms with E-state index in [9.17, 15) is 8.42 Å². The third-order valence-electron chi connectivity index (χ3n) is 5.39. The minimum atomic E-state index is -3.69. The van der Waals surface area contributed by atoms with E-state index in [1.807, 2.05) is 54.6 Å². The minimum Gasteiger partial charge on any atom is -0.492 e. The van der Waals surface area contributed by atoms with Crippen LogP contribution in [0.1, 0.15) is 22.8 Å². The number of hydrogen-bond acceptors (Lipinski definition) is 6. The molecule has 8 heteroatoms. The molecule has 0 radical (unpaired) electrons. The third-order valence-corrected chi connectivity index (χ3v) is 6.13.